The highest BCUT2D eigenvalue weighted by Crippen LogP contribution is 2.25. The van der Waals surface area contributed by atoms with Gasteiger partial charge in [-0.1, -0.05) is 13.8 Å². The summed E-state index contributed by atoms with van der Waals surface area (Å²) in [6.07, 6.45) is -3.01. The Morgan fingerprint density at radius 3 is 2.31 bits per heavy atom. The van der Waals surface area contributed by atoms with Crippen molar-refractivity contribution in [3.63, 3.8) is 0 Å². The van der Waals surface area contributed by atoms with Crippen LogP contribution in [0.5, 0.6) is 0 Å². The molecular weight excluding hydrogens is 353 g/mol. The second-order valence-electron chi connectivity index (χ2n) is 6.74. The van der Waals surface area contributed by atoms with E-state index in [1.807, 2.05) is 0 Å². The van der Waals surface area contributed by atoms with Gasteiger partial charge in [-0.25, -0.2) is 4.79 Å². The largest absolute Gasteiger partial charge is 0.401 e. The third-order valence-electron chi connectivity index (χ3n) is 5.09. The van der Waals surface area contributed by atoms with Crippen molar-refractivity contribution in [2.45, 2.75) is 44.8 Å². The lowest BCUT2D eigenvalue weighted by molar-refractivity contribution is -0.145. The van der Waals surface area contributed by atoms with Crippen LogP contribution < -0.4 is 5.32 Å². The van der Waals surface area contributed by atoms with Crippen molar-refractivity contribution in [1.29, 1.82) is 0 Å². The number of carbonyl (C=O) groups is 3. The molecule has 7 nitrogen and oxygen atoms in total. The van der Waals surface area contributed by atoms with Gasteiger partial charge in [0.15, 0.2) is 0 Å². The Morgan fingerprint density at radius 1 is 1.12 bits per heavy atom. The van der Waals surface area contributed by atoms with Crippen LogP contribution >= 0.6 is 0 Å². The average molecular weight is 378 g/mol. The van der Waals surface area contributed by atoms with Crippen LogP contribution in [0.25, 0.3) is 0 Å². The first kappa shape index (κ1) is 20.5. The standard InChI is InChI=1S/C16H25F3N4O3/c1-3-15(4-2)13(25)23(14(26)20-15)10-12(24)22-7-5-6-21(8-9-22)11-16(17,18)19/h3-11H2,1-2H3,(H,20,26). The number of rotatable bonds is 5. The summed E-state index contributed by atoms with van der Waals surface area (Å²) in [6, 6.07) is -0.597. The highest BCUT2D eigenvalue weighted by molar-refractivity contribution is 6.08. The molecule has 2 saturated heterocycles. The molecule has 2 aliphatic heterocycles. The van der Waals surface area contributed by atoms with Gasteiger partial charge in [0.05, 0.1) is 6.54 Å². The van der Waals surface area contributed by atoms with Crippen LogP contribution in [0, 0.1) is 0 Å². The molecule has 0 bridgehead atoms. The van der Waals surface area contributed by atoms with Crippen LogP contribution in [0.2, 0.25) is 0 Å². The van der Waals surface area contributed by atoms with E-state index < -0.39 is 36.1 Å². The van der Waals surface area contributed by atoms with E-state index in [0.29, 0.717) is 25.8 Å². The smallest absolute Gasteiger partial charge is 0.340 e. The van der Waals surface area contributed by atoms with E-state index in [9.17, 15) is 27.6 Å². The number of alkyl halides is 3. The fourth-order valence-electron chi connectivity index (χ4n) is 3.42. The lowest BCUT2D eigenvalue weighted by Crippen LogP contribution is -2.47. The summed E-state index contributed by atoms with van der Waals surface area (Å²) in [4.78, 5) is 40.7. The Balaban J connectivity index is 1.96. The first-order valence-corrected chi connectivity index (χ1v) is 8.83. The maximum Gasteiger partial charge on any atom is 0.401 e. The van der Waals surface area contributed by atoms with Crippen LogP contribution in [0.4, 0.5) is 18.0 Å². The molecule has 2 aliphatic rings. The predicted molar refractivity (Wildman–Crippen MR) is 87.2 cm³/mol. The van der Waals surface area contributed by atoms with Gasteiger partial charge in [0.25, 0.3) is 5.91 Å². The van der Waals surface area contributed by atoms with Crippen LogP contribution in [0.15, 0.2) is 0 Å². The molecule has 10 heteroatoms. The maximum absolute atomic E-state index is 12.5. The molecule has 4 amide bonds. The number of nitrogens with one attached hydrogen (secondary N) is 1. The summed E-state index contributed by atoms with van der Waals surface area (Å²) >= 11 is 0. The highest BCUT2D eigenvalue weighted by atomic mass is 19.4. The molecule has 0 aliphatic carbocycles. The molecule has 0 aromatic carbocycles. The fraction of sp³-hybridized carbons (Fsp3) is 0.812. The minimum Gasteiger partial charge on any atom is -0.340 e. The normalized spacial score (nSPS) is 21.7. The monoisotopic (exact) mass is 378 g/mol. The van der Waals surface area contributed by atoms with Crippen molar-refractivity contribution >= 4 is 17.8 Å². The Bertz CT molecular complexity index is 563. The van der Waals surface area contributed by atoms with Crippen LogP contribution in [0.1, 0.15) is 33.1 Å². The number of urea groups is 1. The van der Waals surface area contributed by atoms with Gasteiger partial charge < -0.3 is 10.2 Å². The Hall–Kier alpha value is -1.84. The second kappa shape index (κ2) is 7.81. The van der Waals surface area contributed by atoms with E-state index in [2.05, 4.69) is 5.32 Å². The van der Waals surface area contributed by atoms with Crippen LogP contribution in [0.3, 0.4) is 0 Å². The summed E-state index contributed by atoms with van der Waals surface area (Å²) in [5.41, 5.74) is -0.973. The van der Waals surface area contributed by atoms with Gasteiger partial charge >= 0.3 is 12.2 Å². The fourth-order valence-corrected chi connectivity index (χ4v) is 3.42. The second-order valence-corrected chi connectivity index (χ2v) is 6.74. The molecule has 0 unspecified atom stereocenters. The lowest BCUT2D eigenvalue weighted by Gasteiger charge is -2.25. The highest BCUT2D eigenvalue weighted by Gasteiger charge is 2.49. The van der Waals surface area contributed by atoms with E-state index in [4.69, 9.17) is 0 Å². The molecule has 0 aromatic rings. The zero-order valence-electron chi connectivity index (χ0n) is 15.1. The Morgan fingerprint density at radius 2 is 1.77 bits per heavy atom. The topological polar surface area (TPSA) is 73.0 Å². The summed E-state index contributed by atoms with van der Waals surface area (Å²) in [5, 5.41) is 2.65. The van der Waals surface area contributed by atoms with Crippen molar-refractivity contribution in [2.75, 3.05) is 39.3 Å². The SMILES string of the molecule is CCC1(CC)NC(=O)N(CC(=O)N2CCCN(CC(F)(F)F)CC2)C1=O. The number of halogens is 3. The van der Waals surface area contributed by atoms with Crippen LogP contribution in [-0.4, -0.2) is 83.5 Å². The molecule has 2 rings (SSSR count). The molecule has 1 N–H and O–H groups in total. The zero-order chi connectivity index (χ0) is 19.5. The molecule has 148 valence electrons. The number of imide groups is 1. The number of nitrogens with zero attached hydrogens (tertiary/aromatic N) is 3. The third kappa shape index (κ3) is 4.46. The molecular formula is C16H25F3N4O3. The third-order valence-corrected chi connectivity index (χ3v) is 5.09. The van der Waals surface area contributed by atoms with E-state index in [-0.39, 0.29) is 26.2 Å². The van der Waals surface area contributed by atoms with Crippen molar-refractivity contribution in [2.24, 2.45) is 0 Å². The van der Waals surface area contributed by atoms with Crippen LogP contribution in [-0.2, 0) is 9.59 Å². The first-order valence-electron chi connectivity index (χ1n) is 8.83. The number of amides is 4. The minimum atomic E-state index is -4.27. The molecule has 0 atom stereocenters. The van der Waals surface area contributed by atoms with Crippen molar-refractivity contribution in [3.05, 3.63) is 0 Å². The van der Waals surface area contributed by atoms with E-state index in [1.54, 1.807) is 13.8 Å². The van der Waals surface area contributed by atoms with Crippen molar-refractivity contribution in [1.82, 2.24) is 20.0 Å². The quantitative estimate of drug-likeness (QED) is 0.730. The van der Waals surface area contributed by atoms with E-state index >= 15 is 0 Å². The molecule has 2 heterocycles. The number of carbonyl (C=O) groups excluding carboxylic acids is 3. The maximum atomic E-state index is 12.5. The molecule has 0 aromatic heterocycles. The molecule has 0 spiro atoms. The van der Waals surface area contributed by atoms with E-state index in [1.165, 1.54) is 9.80 Å². The van der Waals surface area contributed by atoms with Gasteiger partial charge in [0.1, 0.15) is 12.1 Å². The first-order chi connectivity index (χ1) is 12.1. The molecule has 26 heavy (non-hydrogen) atoms. The minimum absolute atomic E-state index is 0.110. The zero-order valence-corrected chi connectivity index (χ0v) is 15.1. The van der Waals surface area contributed by atoms with Gasteiger partial charge in [-0.05, 0) is 19.3 Å². The predicted octanol–water partition coefficient (Wildman–Crippen LogP) is 1.19. The van der Waals surface area contributed by atoms with Crippen molar-refractivity contribution < 1.29 is 27.6 Å². The Kier molecular flexibility index (Phi) is 6.15. The summed E-state index contributed by atoms with van der Waals surface area (Å²) < 4.78 is 37.5. The molecule has 0 saturated carbocycles. The number of hydrogen-bond donors (Lipinski definition) is 1. The van der Waals surface area contributed by atoms with Gasteiger partial charge in [-0.15, -0.1) is 0 Å². The average Bonchev–Trinajstić information content (AvgIpc) is 2.71. The lowest BCUT2D eigenvalue weighted by atomic mass is 9.93. The van der Waals surface area contributed by atoms with Gasteiger partial charge in [0, 0.05) is 26.2 Å². The molecule has 2 fully saturated rings. The summed E-state index contributed by atoms with van der Waals surface area (Å²) in [7, 11) is 0. The van der Waals surface area contributed by atoms with Gasteiger partial charge in [0.2, 0.25) is 5.91 Å². The summed E-state index contributed by atoms with van der Waals surface area (Å²) in [5.74, 6) is -0.847. The van der Waals surface area contributed by atoms with Gasteiger partial charge in [-0.3, -0.25) is 19.4 Å². The number of hydrogen-bond acceptors (Lipinski definition) is 4. The summed E-state index contributed by atoms with van der Waals surface area (Å²) in [6.45, 7) is 3.01. The van der Waals surface area contributed by atoms with E-state index in [0.717, 1.165) is 4.90 Å². The van der Waals surface area contributed by atoms with Crippen molar-refractivity contribution in [3.8, 4) is 0 Å². The molecule has 0 radical (unpaired) electrons. The van der Waals surface area contributed by atoms with Gasteiger partial charge in [-0.2, -0.15) is 13.2 Å². The Labute approximate surface area is 150 Å².